The SMILES string of the molecule is COc1cccc(/C=N\n2c(-c3ccc(F)cc3)n[nH]c2=S)c1O. The number of phenols is 1. The number of nitrogens with one attached hydrogen (secondary N) is 1. The molecule has 8 heteroatoms. The van der Waals surface area contributed by atoms with E-state index in [1.165, 1.54) is 30.1 Å². The fourth-order valence-electron chi connectivity index (χ4n) is 2.11. The number of para-hydroxylation sites is 1. The van der Waals surface area contributed by atoms with Crippen molar-refractivity contribution in [2.45, 2.75) is 0 Å². The first-order valence-electron chi connectivity index (χ1n) is 6.94. The van der Waals surface area contributed by atoms with E-state index in [-0.39, 0.29) is 16.3 Å². The molecule has 1 heterocycles. The molecular formula is C16H13FN4O2S. The Morgan fingerprint density at radius 1 is 1.29 bits per heavy atom. The van der Waals surface area contributed by atoms with Gasteiger partial charge in [-0.3, -0.25) is 0 Å². The smallest absolute Gasteiger partial charge is 0.216 e. The topological polar surface area (TPSA) is 75.4 Å². The van der Waals surface area contributed by atoms with E-state index < -0.39 is 0 Å². The molecule has 0 radical (unpaired) electrons. The van der Waals surface area contributed by atoms with Crippen LogP contribution in [0.15, 0.2) is 47.6 Å². The first-order chi connectivity index (χ1) is 11.6. The van der Waals surface area contributed by atoms with Gasteiger partial charge in [0.05, 0.1) is 13.3 Å². The zero-order valence-electron chi connectivity index (χ0n) is 12.6. The van der Waals surface area contributed by atoms with Crippen LogP contribution in [0.4, 0.5) is 4.39 Å². The second-order valence-corrected chi connectivity index (χ2v) is 5.20. The number of phenolic OH excluding ortho intramolecular Hbond substituents is 1. The third-order valence-corrected chi connectivity index (χ3v) is 3.58. The number of halogens is 1. The Kier molecular flexibility index (Phi) is 4.39. The molecule has 2 aromatic carbocycles. The molecule has 6 nitrogen and oxygen atoms in total. The number of ether oxygens (including phenoxy) is 1. The first kappa shape index (κ1) is 15.9. The van der Waals surface area contributed by atoms with Gasteiger partial charge >= 0.3 is 0 Å². The van der Waals surface area contributed by atoms with Crippen LogP contribution in [0, 0.1) is 10.6 Å². The maximum Gasteiger partial charge on any atom is 0.216 e. The number of aromatic nitrogens is 3. The van der Waals surface area contributed by atoms with Crippen LogP contribution in [-0.4, -0.2) is 33.3 Å². The molecular weight excluding hydrogens is 331 g/mol. The number of aromatic hydroxyl groups is 1. The molecule has 122 valence electrons. The summed E-state index contributed by atoms with van der Waals surface area (Å²) in [4.78, 5) is 0. The fraction of sp³-hybridized carbons (Fsp3) is 0.0625. The van der Waals surface area contributed by atoms with Gasteiger partial charge in [0.1, 0.15) is 5.82 Å². The number of benzene rings is 2. The summed E-state index contributed by atoms with van der Waals surface area (Å²) in [6.45, 7) is 0. The maximum atomic E-state index is 13.1. The van der Waals surface area contributed by atoms with E-state index in [4.69, 9.17) is 17.0 Å². The Bertz CT molecular complexity index is 947. The minimum atomic E-state index is -0.343. The lowest BCUT2D eigenvalue weighted by molar-refractivity contribution is 0.373. The molecule has 0 saturated heterocycles. The van der Waals surface area contributed by atoms with E-state index in [9.17, 15) is 9.50 Å². The van der Waals surface area contributed by atoms with Crippen molar-refractivity contribution in [1.82, 2.24) is 14.9 Å². The van der Waals surface area contributed by atoms with Crippen LogP contribution in [-0.2, 0) is 0 Å². The van der Waals surface area contributed by atoms with Crippen molar-refractivity contribution in [3.63, 3.8) is 0 Å². The molecule has 0 unspecified atom stereocenters. The summed E-state index contributed by atoms with van der Waals surface area (Å²) >= 11 is 5.17. The average Bonchev–Trinajstić information content (AvgIpc) is 2.95. The molecule has 0 saturated carbocycles. The second-order valence-electron chi connectivity index (χ2n) is 4.81. The molecule has 0 atom stereocenters. The lowest BCUT2D eigenvalue weighted by atomic mass is 10.2. The molecule has 3 aromatic rings. The molecule has 0 amide bonds. The summed E-state index contributed by atoms with van der Waals surface area (Å²) in [5, 5.41) is 21.1. The highest BCUT2D eigenvalue weighted by Crippen LogP contribution is 2.28. The van der Waals surface area contributed by atoms with Crippen LogP contribution in [0.25, 0.3) is 11.4 Å². The number of aromatic amines is 1. The summed E-state index contributed by atoms with van der Waals surface area (Å²) in [6.07, 6.45) is 1.44. The van der Waals surface area contributed by atoms with Crippen molar-refractivity contribution in [2.75, 3.05) is 7.11 Å². The number of nitrogens with zero attached hydrogens (tertiary/aromatic N) is 3. The number of hydrogen-bond acceptors (Lipinski definition) is 5. The van der Waals surface area contributed by atoms with Crippen molar-refractivity contribution >= 4 is 18.4 Å². The van der Waals surface area contributed by atoms with Crippen molar-refractivity contribution in [1.29, 1.82) is 0 Å². The molecule has 3 rings (SSSR count). The first-order valence-corrected chi connectivity index (χ1v) is 7.34. The summed E-state index contributed by atoms with van der Waals surface area (Å²) in [5.74, 6) is 0.401. The Balaban J connectivity index is 2.01. The quantitative estimate of drug-likeness (QED) is 0.562. The highest BCUT2D eigenvalue weighted by Gasteiger charge is 2.09. The van der Waals surface area contributed by atoms with E-state index in [1.807, 2.05) is 0 Å². The van der Waals surface area contributed by atoms with Gasteiger partial charge in [-0.05, 0) is 48.6 Å². The number of hydrogen-bond donors (Lipinski definition) is 2. The zero-order valence-corrected chi connectivity index (χ0v) is 13.4. The lowest BCUT2D eigenvalue weighted by Crippen LogP contribution is -1.96. The fourth-order valence-corrected chi connectivity index (χ4v) is 2.29. The van der Waals surface area contributed by atoms with Gasteiger partial charge in [-0.1, -0.05) is 6.07 Å². The Hall–Kier alpha value is -3.00. The van der Waals surface area contributed by atoms with E-state index in [0.29, 0.717) is 22.7 Å². The molecule has 2 N–H and O–H groups in total. The Morgan fingerprint density at radius 3 is 2.75 bits per heavy atom. The Morgan fingerprint density at radius 2 is 2.04 bits per heavy atom. The van der Waals surface area contributed by atoms with Crippen molar-refractivity contribution in [3.8, 4) is 22.9 Å². The summed E-state index contributed by atoms with van der Waals surface area (Å²) in [5.41, 5.74) is 1.11. The molecule has 0 aliphatic rings. The molecule has 0 fully saturated rings. The number of rotatable bonds is 4. The van der Waals surface area contributed by atoms with Gasteiger partial charge in [-0.2, -0.15) is 14.9 Å². The molecule has 24 heavy (non-hydrogen) atoms. The van der Waals surface area contributed by atoms with Crippen molar-refractivity contribution < 1.29 is 14.2 Å². The number of H-pyrrole nitrogens is 1. The number of methoxy groups -OCH3 is 1. The molecule has 0 aliphatic carbocycles. The minimum Gasteiger partial charge on any atom is -0.504 e. The normalized spacial score (nSPS) is 11.1. The van der Waals surface area contributed by atoms with Gasteiger partial charge in [0.25, 0.3) is 0 Å². The molecule has 1 aromatic heterocycles. The standard InChI is InChI=1S/C16H13FN4O2S/c1-23-13-4-2-3-11(14(13)22)9-18-21-15(19-20-16(21)24)10-5-7-12(17)8-6-10/h2-9,22H,1H3,(H,20,24)/b18-9-. The van der Waals surface area contributed by atoms with E-state index in [1.54, 1.807) is 30.3 Å². The third kappa shape index (κ3) is 3.04. The largest absolute Gasteiger partial charge is 0.504 e. The van der Waals surface area contributed by atoms with Crippen LogP contribution in [0.2, 0.25) is 0 Å². The van der Waals surface area contributed by atoms with Crippen molar-refractivity contribution in [2.24, 2.45) is 5.10 Å². The second kappa shape index (κ2) is 6.63. The lowest BCUT2D eigenvalue weighted by Gasteiger charge is -2.05. The third-order valence-electron chi connectivity index (χ3n) is 3.32. The monoisotopic (exact) mass is 344 g/mol. The summed E-state index contributed by atoms with van der Waals surface area (Å²) in [7, 11) is 1.47. The van der Waals surface area contributed by atoms with Crippen LogP contribution >= 0.6 is 12.2 Å². The van der Waals surface area contributed by atoms with Crippen LogP contribution in [0.3, 0.4) is 0 Å². The van der Waals surface area contributed by atoms with Gasteiger partial charge in [0.2, 0.25) is 4.77 Å². The predicted molar refractivity (Wildman–Crippen MR) is 90.5 cm³/mol. The molecule has 0 spiro atoms. The van der Waals surface area contributed by atoms with E-state index in [2.05, 4.69) is 15.3 Å². The van der Waals surface area contributed by atoms with Crippen LogP contribution < -0.4 is 4.74 Å². The summed E-state index contributed by atoms with van der Waals surface area (Å²) in [6, 6.07) is 10.9. The van der Waals surface area contributed by atoms with Crippen LogP contribution in [0.5, 0.6) is 11.5 Å². The van der Waals surface area contributed by atoms with Gasteiger partial charge in [0.15, 0.2) is 17.3 Å². The van der Waals surface area contributed by atoms with Crippen LogP contribution in [0.1, 0.15) is 5.56 Å². The maximum absolute atomic E-state index is 13.1. The predicted octanol–water partition coefficient (Wildman–Crippen LogP) is 3.34. The van der Waals surface area contributed by atoms with Gasteiger partial charge in [0, 0.05) is 11.1 Å². The summed E-state index contributed by atoms with van der Waals surface area (Å²) < 4.78 is 19.8. The molecule has 0 aliphatic heterocycles. The van der Waals surface area contributed by atoms with Gasteiger partial charge in [-0.15, -0.1) is 0 Å². The highest BCUT2D eigenvalue weighted by atomic mass is 32.1. The zero-order chi connectivity index (χ0) is 17.1. The van der Waals surface area contributed by atoms with Gasteiger partial charge in [-0.25, -0.2) is 9.49 Å². The average molecular weight is 344 g/mol. The Labute approximate surface area is 141 Å². The van der Waals surface area contributed by atoms with E-state index in [0.717, 1.165) is 0 Å². The highest BCUT2D eigenvalue weighted by molar-refractivity contribution is 7.71. The molecule has 0 bridgehead atoms. The van der Waals surface area contributed by atoms with E-state index >= 15 is 0 Å². The minimum absolute atomic E-state index is 0.0258. The van der Waals surface area contributed by atoms with Gasteiger partial charge < -0.3 is 9.84 Å². The van der Waals surface area contributed by atoms with Crippen molar-refractivity contribution in [3.05, 3.63) is 58.6 Å².